The number of nitrogens with one attached hydrogen (secondary N) is 2. The zero-order valence-electron chi connectivity index (χ0n) is 10.5. The molecule has 0 aliphatic heterocycles. The molecule has 18 heavy (non-hydrogen) atoms. The van der Waals surface area contributed by atoms with Crippen LogP contribution in [-0.2, 0) is 11.3 Å². The highest BCUT2D eigenvalue weighted by Gasteiger charge is 2.08. The molecule has 0 saturated heterocycles. The van der Waals surface area contributed by atoms with Crippen LogP contribution in [0, 0.1) is 0 Å². The zero-order chi connectivity index (χ0) is 13.5. The molecule has 7 heteroatoms. The van der Waals surface area contributed by atoms with E-state index in [4.69, 9.17) is 17.4 Å². The lowest BCUT2D eigenvalue weighted by Gasteiger charge is -2.16. The van der Waals surface area contributed by atoms with Gasteiger partial charge in [0.1, 0.15) is 5.82 Å². The Kier molecular flexibility index (Phi) is 5.84. The second-order valence-electron chi connectivity index (χ2n) is 3.93. The van der Waals surface area contributed by atoms with E-state index in [0.717, 1.165) is 5.69 Å². The van der Waals surface area contributed by atoms with E-state index >= 15 is 0 Å². The molecular weight excluding hydrogens is 254 g/mol. The predicted octanol–water partition coefficient (Wildman–Crippen LogP) is 0.588. The van der Waals surface area contributed by atoms with Crippen molar-refractivity contribution in [2.24, 2.45) is 5.84 Å². The first-order chi connectivity index (χ1) is 8.56. The fraction of sp³-hybridized carbons (Fsp3) is 0.455. The number of nitrogens with zero attached hydrogens (tertiary/aromatic N) is 2. The van der Waals surface area contributed by atoms with E-state index in [0.29, 0.717) is 30.4 Å². The van der Waals surface area contributed by atoms with Crippen LogP contribution in [-0.4, -0.2) is 36.4 Å². The van der Waals surface area contributed by atoms with E-state index in [1.807, 2.05) is 11.9 Å². The van der Waals surface area contributed by atoms with Crippen molar-refractivity contribution >= 4 is 23.3 Å². The quantitative estimate of drug-likeness (QED) is 0.521. The average Bonchev–Trinajstić information content (AvgIpc) is 2.38. The van der Waals surface area contributed by atoms with Crippen LogP contribution in [0.5, 0.6) is 0 Å². The van der Waals surface area contributed by atoms with Crippen LogP contribution >= 0.6 is 11.6 Å². The van der Waals surface area contributed by atoms with Crippen LogP contribution in [0.15, 0.2) is 12.1 Å². The summed E-state index contributed by atoms with van der Waals surface area (Å²) in [6, 6.07) is 3.45. The van der Waals surface area contributed by atoms with Crippen molar-refractivity contribution in [3.8, 4) is 0 Å². The fourth-order valence-corrected chi connectivity index (χ4v) is 1.59. The third-order valence-electron chi connectivity index (χ3n) is 2.49. The Balaban J connectivity index is 2.58. The smallest absolute Gasteiger partial charge is 0.221 e. The highest BCUT2D eigenvalue weighted by Crippen LogP contribution is 2.17. The largest absolute Gasteiger partial charge is 0.359 e. The third-order valence-corrected chi connectivity index (χ3v) is 2.83. The molecule has 4 N–H and O–H groups in total. The number of hydrogen-bond acceptors (Lipinski definition) is 5. The summed E-state index contributed by atoms with van der Waals surface area (Å²) in [5.74, 6) is 5.87. The monoisotopic (exact) mass is 271 g/mol. The second-order valence-corrected chi connectivity index (χ2v) is 4.34. The van der Waals surface area contributed by atoms with Crippen molar-refractivity contribution in [2.45, 2.75) is 13.0 Å². The number of halogens is 1. The van der Waals surface area contributed by atoms with Crippen LogP contribution in [0.3, 0.4) is 0 Å². The molecule has 0 atom stereocenters. The number of aromatic nitrogens is 1. The van der Waals surface area contributed by atoms with E-state index in [1.165, 1.54) is 0 Å². The van der Waals surface area contributed by atoms with Gasteiger partial charge in [-0.25, -0.2) is 10.8 Å². The Labute approximate surface area is 111 Å². The number of pyridine rings is 1. The van der Waals surface area contributed by atoms with Gasteiger partial charge in [0.05, 0.1) is 10.7 Å². The van der Waals surface area contributed by atoms with Gasteiger partial charge in [-0.1, -0.05) is 11.6 Å². The summed E-state index contributed by atoms with van der Waals surface area (Å²) in [4.78, 5) is 17.4. The van der Waals surface area contributed by atoms with E-state index < -0.39 is 0 Å². The Morgan fingerprint density at radius 1 is 1.56 bits per heavy atom. The molecule has 0 spiro atoms. The summed E-state index contributed by atoms with van der Waals surface area (Å²) in [7, 11) is 3.53. The number of amides is 1. The molecule has 0 unspecified atom stereocenters. The maximum absolute atomic E-state index is 11.1. The SMILES string of the molecule is CNC(=O)CCN(C)Cc1nc(NN)ccc1Cl. The molecule has 1 heterocycles. The molecule has 0 aromatic carbocycles. The van der Waals surface area contributed by atoms with Gasteiger partial charge in [-0.15, -0.1) is 0 Å². The van der Waals surface area contributed by atoms with E-state index in [1.54, 1.807) is 19.2 Å². The summed E-state index contributed by atoms with van der Waals surface area (Å²) < 4.78 is 0. The third kappa shape index (κ3) is 4.48. The molecule has 0 aliphatic carbocycles. The van der Waals surface area contributed by atoms with Crippen LogP contribution in [0.4, 0.5) is 5.82 Å². The number of hydrazine groups is 1. The van der Waals surface area contributed by atoms with Crippen molar-refractivity contribution in [1.29, 1.82) is 0 Å². The van der Waals surface area contributed by atoms with Crippen LogP contribution in [0.2, 0.25) is 5.02 Å². The second kappa shape index (κ2) is 7.15. The summed E-state index contributed by atoms with van der Waals surface area (Å²) in [6.45, 7) is 1.20. The van der Waals surface area contributed by atoms with Gasteiger partial charge < -0.3 is 10.7 Å². The maximum atomic E-state index is 11.1. The molecular formula is C11H18ClN5O. The van der Waals surface area contributed by atoms with Gasteiger partial charge in [0, 0.05) is 26.6 Å². The first kappa shape index (κ1) is 14.7. The molecule has 0 bridgehead atoms. The molecule has 6 nitrogen and oxygen atoms in total. The number of rotatable bonds is 6. The van der Waals surface area contributed by atoms with Crippen LogP contribution < -0.4 is 16.6 Å². The molecule has 0 radical (unpaired) electrons. The van der Waals surface area contributed by atoms with Gasteiger partial charge in [0.25, 0.3) is 0 Å². The first-order valence-electron chi connectivity index (χ1n) is 5.58. The number of carbonyl (C=O) groups excluding carboxylic acids is 1. The lowest BCUT2D eigenvalue weighted by atomic mass is 10.3. The summed E-state index contributed by atoms with van der Waals surface area (Å²) in [6.07, 6.45) is 0.444. The van der Waals surface area contributed by atoms with Crippen molar-refractivity contribution in [3.63, 3.8) is 0 Å². The summed E-state index contributed by atoms with van der Waals surface area (Å²) in [5, 5.41) is 3.16. The molecule has 1 amide bonds. The van der Waals surface area contributed by atoms with Crippen molar-refractivity contribution in [3.05, 3.63) is 22.8 Å². The molecule has 0 aliphatic rings. The molecule has 0 saturated carbocycles. The van der Waals surface area contributed by atoms with Crippen molar-refractivity contribution in [1.82, 2.24) is 15.2 Å². The molecule has 1 rings (SSSR count). The Hall–Kier alpha value is -1.37. The predicted molar refractivity (Wildman–Crippen MR) is 72.1 cm³/mol. The van der Waals surface area contributed by atoms with E-state index in [2.05, 4.69) is 15.7 Å². The van der Waals surface area contributed by atoms with Gasteiger partial charge >= 0.3 is 0 Å². The van der Waals surface area contributed by atoms with Crippen molar-refractivity contribution in [2.75, 3.05) is 26.1 Å². The zero-order valence-corrected chi connectivity index (χ0v) is 11.3. The molecule has 100 valence electrons. The topological polar surface area (TPSA) is 83.3 Å². The van der Waals surface area contributed by atoms with Gasteiger partial charge in [0.2, 0.25) is 5.91 Å². The Morgan fingerprint density at radius 2 is 2.28 bits per heavy atom. The van der Waals surface area contributed by atoms with Crippen LogP contribution in [0.1, 0.15) is 12.1 Å². The van der Waals surface area contributed by atoms with Gasteiger partial charge in [-0.05, 0) is 19.2 Å². The number of hydrogen-bond donors (Lipinski definition) is 3. The molecule has 1 aromatic rings. The van der Waals surface area contributed by atoms with Crippen LogP contribution in [0.25, 0.3) is 0 Å². The standard InChI is InChI=1S/C11H18ClN5O/c1-14-11(18)5-6-17(2)7-9-8(12)3-4-10(15-9)16-13/h3-4H,5-7,13H2,1-2H3,(H,14,18)(H,15,16). The Morgan fingerprint density at radius 3 is 2.89 bits per heavy atom. The minimum atomic E-state index is 0.0123. The minimum absolute atomic E-state index is 0.0123. The normalized spacial score (nSPS) is 10.5. The van der Waals surface area contributed by atoms with Gasteiger partial charge in [-0.2, -0.15) is 0 Å². The van der Waals surface area contributed by atoms with Gasteiger partial charge in [-0.3, -0.25) is 9.69 Å². The van der Waals surface area contributed by atoms with Crippen molar-refractivity contribution < 1.29 is 4.79 Å². The number of nitrogens with two attached hydrogens (primary N) is 1. The summed E-state index contributed by atoms with van der Waals surface area (Å²) in [5.41, 5.74) is 3.20. The summed E-state index contributed by atoms with van der Waals surface area (Å²) >= 11 is 6.05. The highest BCUT2D eigenvalue weighted by molar-refractivity contribution is 6.31. The number of carbonyl (C=O) groups is 1. The number of nitrogen functional groups attached to an aromatic ring is 1. The van der Waals surface area contributed by atoms with E-state index in [9.17, 15) is 4.79 Å². The number of anilines is 1. The average molecular weight is 272 g/mol. The molecule has 0 fully saturated rings. The van der Waals surface area contributed by atoms with E-state index in [-0.39, 0.29) is 5.91 Å². The molecule has 1 aromatic heterocycles. The Bertz CT molecular complexity index is 412. The van der Waals surface area contributed by atoms with Gasteiger partial charge in [0.15, 0.2) is 0 Å². The highest BCUT2D eigenvalue weighted by atomic mass is 35.5. The lowest BCUT2D eigenvalue weighted by molar-refractivity contribution is -0.120. The lowest BCUT2D eigenvalue weighted by Crippen LogP contribution is -2.26. The maximum Gasteiger partial charge on any atom is 0.221 e. The minimum Gasteiger partial charge on any atom is -0.359 e. The first-order valence-corrected chi connectivity index (χ1v) is 5.95. The fourth-order valence-electron chi connectivity index (χ4n) is 1.43.